The third-order valence-corrected chi connectivity index (χ3v) is 8.12. The van der Waals surface area contributed by atoms with E-state index in [0.717, 1.165) is 22.4 Å². The molecular formula is C29H34N6O. The molecule has 3 heterocycles. The predicted octanol–water partition coefficient (Wildman–Crippen LogP) is 6.42. The molecule has 3 aromatic heterocycles. The van der Waals surface area contributed by atoms with E-state index in [9.17, 15) is 4.79 Å². The Balaban J connectivity index is 1.36. The summed E-state index contributed by atoms with van der Waals surface area (Å²) in [7, 11) is 0. The molecule has 2 saturated carbocycles. The van der Waals surface area contributed by atoms with Crippen LogP contribution in [0.2, 0.25) is 0 Å². The summed E-state index contributed by atoms with van der Waals surface area (Å²) in [6.07, 6.45) is 18.1. The van der Waals surface area contributed by atoms with Crippen LogP contribution in [-0.2, 0) is 0 Å². The predicted molar refractivity (Wildman–Crippen MR) is 143 cm³/mol. The lowest BCUT2D eigenvalue weighted by atomic mass is 9.73. The van der Waals surface area contributed by atoms with E-state index < -0.39 is 0 Å². The van der Waals surface area contributed by atoms with Crippen LogP contribution in [0.3, 0.4) is 0 Å². The number of rotatable bonds is 6. The second kappa shape index (κ2) is 10.2. The number of hydrogen-bond donors (Lipinski definition) is 1. The Morgan fingerprint density at radius 3 is 2.19 bits per heavy atom. The molecule has 2 fully saturated rings. The average molecular weight is 483 g/mol. The summed E-state index contributed by atoms with van der Waals surface area (Å²) < 4.78 is 3.88. The highest BCUT2D eigenvalue weighted by atomic mass is 16.1. The molecule has 0 atom stereocenters. The zero-order valence-electron chi connectivity index (χ0n) is 20.7. The van der Waals surface area contributed by atoms with Gasteiger partial charge in [0, 0.05) is 41.8 Å². The highest BCUT2D eigenvalue weighted by molar-refractivity contribution is 5.76. The quantitative estimate of drug-likeness (QED) is 0.343. The normalized spacial score (nSPS) is 17.6. The van der Waals surface area contributed by atoms with Crippen molar-refractivity contribution in [1.29, 1.82) is 0 Å². The summed E-state index contributed by atoms with van der Waals surface area (Å²) in [5.74, 6) is 1.61. The molecule has 4 aromatic rings. The summed E-state index contributed by atoms with van der Waals surface area (Å²) in [5, 5.41) is 8.55. The first-order valence-corrected chi connectivity index (χ1v) is 13.5. The molecule has 2 aliphatic rings. The number of anilines is 2. The van der Waals surface area contributed by atoms with Crippen molar-refractivity contribution in [2.45, 2.75) is 70.3 Å². The molecule has 1 aromatic carbocycles. The van der Waals surface area contributed by atoms with Crippen LogP contribution in [0.15, 0.2) is 65.8 Å². The highest BCUT2D eigenvalue weighted by Crippen LogP contribution is 2.43. The topological polar surface area (TPSA) is 77.6 Å². The van der Waals surface area contributed by atoms with Gasteiger partial charge < -0.3 is 5.32 Å². The molecule has 1 N–H and O–H groups in total. The number of fused-ring (bicyclic) bond motifs is 1. The van der Waals surface area contributed by atoms with Gasteiger partial charge in [-0.25, -0.2) is 9.67 Å². The van der Waals surface area contributed by atoms with Gasteiger partial charge in [0.1, 0.15) is 5.65 Å². The lowest BCUT2D eigenvalue weighted by Gasteiger charge is -2.39. The molecular weight excluding hydrogens is 448 g/mol. The van der Waals surface area contributed by atoms with Crippen molar-refractivity contribution >= 4 is 22.7 Å². The van der Waals surface area contributed by atoms with E-state index in [1.165, 1.54) is 64.2 Å². The van der Waals surface area contributed by atoms with Gasteiger partial charge in [0.05, 0.1) is 5.69 Å². The first-order valence-electron chi connectivity index (χ1n) is 13.5. The van der Waals surface area contributed by atoms with Crippen LogP contribution in [0.25, 0.3) is 16.7 Å². The van der Waals surface area contributed by atoms with Gasteiger partial charge in [-0.3, -0.25) is 9.36 Å². The standard InChI is InChI=1S/C29H34N6O/c36-26-17-12-23-20-30-29(32-24-13-15-25(16-14-24)34-19-7-18-31-34)33-28(23)35(26)27(21-8-3-1-4-9-21)22-10-5-2-6-11-22/h7,12-22,27H,1-6,8-11H2,(H,30,32,33). The van der Waals surface area contributed by atoms with E-state index in [1.807, 2.05) is 53.5 Å². The third-order valence-electron chi connectivity index (χ3n) is 8.12. The van der Waals surface area contributed by atoms with Crippen LogP contribution in [0.1, 0.15) is 70.3 Å². The summed E-state index contributed by atoms with van der Waals surface area (Å²) >= 11 is 0. The third kappa shape index (κ3) is 4.66. The van der Waals surface area contributed by atoms with Gasteiger partial charge >= 0.3 is 0 Å². The minimum atomic E-state index is 0.0665. The molecule has 2 aliphatic carbocycles. The minimum Gasteiger partial charge on any atom is -0.324 e. The second-order valence-electron chi connectivity index (χ2n) is 10.4. The molecule has 0 radical (unpaired) electrons. The van der Waals surface area contributed by atoms with E-state index in [0.29, 0.717) is 17.8 Å². The summed E-state index contributed by atoms with van der Waals surface area (Å²) in [4.78, 5) is 23.0. The summed E-state index contributed by atoms with van der Waals surface area (Å²) in [5.41, 5.74) is 2.71. The van der Waals surface area contributed by atoms with Crippen LogP contribution in [0.4, 0.5) is 11.6 Å². The summed E-state index contributed by atoms with van der Waals surface area (Å²) in [6.45, 7) is 0. The van der Waals surface area contributed by atoms with Crippen molar-refractivity contribution in [1.82, 2.24) is 24.3 Å². The number of hydrogen-bond acceptors (Lipinski definition) is 5. The Kier molecular flexibility index (Phi) is 6.53. The number of nitrogens with one attached hydrogen (secondary N) is 1. The smallest absolute Gasteiger partial charge is 0.252 e. The Labute approximate surface area is 211 Å². The maximum atomic E-state index is 13.5. The molecule has 186 valence electrons. The fraction of sp³-hybridized carbons (Fsp3) is 0.448. The molecule has 7 heteroatoms. The molecule has 36 heavy (non-hydrogen) atoms. The Morgan fingerprint density at radius 2 is 1.56 bits per heavy atom. The van der Waals surface area contributed by atoms with E-state index in [2.05, 4.69) is 20.0 Å². The molecule has 7 nitrogen and oxygen atoms in total. The maximum absolute atomic E-state index is 13.5. The van der Waals surface area contributed by atoms with Gasteiger partial charge in [-0.15, -0.1) is 0 Å². The largest absolute Gasteiger partial charge is 0.324 e. The van der Waals surface area contributed by atoms with Crippen molar-refractivity contribution in [3.63, 3.8) is 0 Å². The highest BCUT2D eigenvalue weighted by Gasteiger charge is 2.34. The fourth-order valence-electron chi connectivity index (χ4n) is 6.39. The van der Waals surface area contributed by atoms with Crippen LogP contribution in [-0.4, -0.2) is 24.3 Å². The summed E-state index contributed by atoms with van der Waals surface area (Å²) in [6, 6.07) is 13.7. The molecule has 0 saturated heterocycles. The number of benzene rings is 1. The van der Waals surface area contributed by atoms with Gasteiger partial charge in [-0.2, -0.15) is 10.1 Å². The van der Waals surface area contributed by atoms with Crippen molar-refractivity contribution in [2.24, 2.45) is 11.8 Å². The molecule has 0 amide bonds. The van der Waals surface area contributed by atoms with E-state index in [-0.39, 0.29) is 11.6 Å². The van der Waals surface area contributed by atoms with Crippen LogP contribution in [0, 0.1) is 11.8 Å². The zero-order chi connectivity index (χ0) is 24.3. The van der Waals surface area contributed by atoms with E-state index >= 15 is 0 Å². The van der Waals surface area contributed by atoms with Crippen LogP contribution in [0.5, 0.6) is 0 Å². The maximum Gasteiger partial charge on any atom is 0.252 e. The number of aromatic nitrogens is 5. The van der Waals surface area contributed by atoms with Crippen molar-refractivity contribution in [3.05, 3.63) is 71.4 Å². The van der Waals surface area contributed by atoms with Crippen molar-refractivity contribution < 1.29 is 0 Å². The lowest BCUT2D eigenvalue weighted by molar-refractivity contribution is 0.149. The van der Waals surface area contributed by atoms with Gasteiger partial charge in [0.2, 0.25) is 5.95 Å². The first-order chi connectivity index (χ1) is 17.8. The Hall–Kier alpha value is -3.48. The Bertz CT molecular complexity index is 1330. The monoisotopic (exact) mass is 482 g/mol. The second-order valence-corrected chi connectivity index (χ2v) is 10.4. The molecule has 0 bridgehead atoms. The molecule has 0 spiro atoms. The minimum absolute atomic E-state index is 0.0665. The van der Waals surface area contributed by atoms with Gasteiger partial charge in [-0.1, -0.05) is 38.5 Å². The lowest BCUT2D eigenvalue weighted by Crippen LogP contribution is -2.36. The first kappa shape index (κ1) is 23.0. The molecule has 0 unspecified atom stereocenters. The average Bonchev–Trinajstić information content (AvgIpc) is 3.47. The van der Waals surface area contributed by atoms with Crippen LogP contribution >= 0.6 is 0 Å². The molecule has 6 rings (SSSR count). The zero-order valence-corrected chi connectivity index (χ0v) is 20.7. The van der Waals surface area contributed by atoms with Gasteiger partial charge in [0.15, 0.2) is 0 Å². The Morgan fingerprint density at radius 1 is 0.861 bits per heavy atom. The number of pyridine rings is 1. The van der Waals surface area contributed by atoms with E-state index in [4.69, 9.17) is 4.98 Å². The van der Waals surface area contributed by atoms with Crippen LogP contribution < -0.4 is 10.9 Å². The van der Waals surface area contributed by atoms with Gasteiger partial charge in [-0.05, 0) is 73.9 Å². The van der Waals surface area contributed by atoms with E-state index in [1.54, 1.807) is 12.3 Å². The van der Waals surface area contributed by atoms with Crippen molar-refractivity contribution in [2.75, 3.05) is 5.32 Å². The fourth-order valence-corrected chi connectivity index (χ4v) is 6.39. The van der Waals surface area contributed by atoms with Gasteiger partial charge in [0.25, 0.3) is 5.56 Å². The molecule has 0 aliphatic heterocycles. The SMILES string of the molecule is O=c1ccc2cnc(Nc3ccc(-n4cccn4)cc3)nc2n1C(C1CCCCC1)C1CCCCC1. The number of nitrogens with zero attached hydrogens (tertiary/aromatic N) is 5. The van der Waals surface area contributed by atoms with Crippen molar-refractivity contribution in [3.8, 4) is 5.69 Å².